The van der Waals surface area contributed by atoms with Crippen LogP contribution in [-0.2, 0) is 6.42 Å². The Balaban J connectivity index is 1.59. The maximum atomic E-state index is 4.34. The number of anilines is 2. The van der Waals surface area contributed by atoms with E-state index < -0.39 is 0 Å². The lowest BCUT2D eigenvalue weighted by Crippen LogP contribution is -2.21. The van der Waals surface area contributed by atoms with E-state index in [0.29, 0.717) is 6.04 Å². The highest BCUT2D eigenvalue weighted by atomic mass is 15.2. The average Bonchev–Trinajstić information content (AvgIpc) is 3.30. The van der Waals surface area contributed by atoms with Crippen molar-refractivity contribution in [3.8, 4) is 0 Å². The molecule has 5 nitrogen and oxygen atoms in total. The van der Waals surface area contributed by atoms with Gasteiger partial charge in [-0.3, -0.25) is 4.98 Å². The number of nitrogens with one attached hydrogen (secondary N) is 1. The molecule has 2 heterocycles. The molecule has 1 saturated carbocycles. The Labute approximate surface area is 119 Å². The van der Waals surface area contributed by atoms with Crippen LogP contribution in [0.15, 0.2) is 36.9 Å². The van der Waals surface area contributed by atoms with Gasteiger partial charge < -0.3 is 10.2 Å². The normalized spacial score (nSPS) is 14.1. The fraction of sp³-hybridized carbons (Fsp3) is 0.400. The molecule has 0 aliphatic heterocycles. The molecule has 0 amide bonds. The van der Waals surface area contributed by atoms with Crippen LogP contribution in [-0.4, -0.2) is 34.6 Å². The standard InChI is InChI=1S/C15H19N5/c1-20(9-6-12-4-7-16-8-5-12)15-10-14(17-11-18-15)19-13-2-3-13/h4-5,7-8,10-11,13H,2-3,6,9H2,1H3,(H,17,18,19). The SMILES string of the molecule is CN(CCc1ccncc1)c1cc(NC2CC2)ncn1. The molecule has 0 bridgehead atoms. The van der Waals surface area contributed by atoms with Gasteiger partial charge in [-0.25, -0.2) is 9.97 Å². The zero-order chi connectivity index (χ0) is 13.8. The molecule has 0 radical (unpaired) electrons. The Morgan fingerprint density at radius 2 is 2.05 bits per heavy atom. The van der Waals surface area contributed by atoms with Crippen LogP contribution in [0.3, 0.4) is 0 Å². The first kappa shape index (κ1) is 12.8. The molecule has 1 fully saturated rings. The zero-order valence-corrected chi connectivity index (χ0v) is 11.7. The molecular weight excluding hydrogens is 250 g/mol. The van der Waals surface area contributed by atoms with Gasteiger partial charge in [0.05, 0.1) is 0 Å². The van der Waals surface area contributed by atoms with Gasteiger partial charge in [0.1, 0.15) is 18.0 Å². The van der Waals surface area contributed by atoms with Crippen molar-refractivity contribution >= 4 is 11.6 Å². The molecule has 1 aliphatic carbocycles. The summed E-state index contributed by atoms with van der Waals surface area (Å²) in [6.07, 6.45) is 8.77. The predicted octanol–water partition coefficient (Wildman–Crippen LogP) is 2.12. The van der Waals surface area contributed by atoms with Crippen molar-refractivity contribution in [3.63, 3.8) is 0 Å². The smallest absolute Gasteiger partial charge is 0.133 e. The van der Waals surface area contributed by atoms with Crippen LogP contribution < -0.4 is 10.2 Å². The van der Waals surface area contributed by atoms with Crippen LogP contribution in [0, 0.1) is 0 Å². The van der Waals surface area contributed by atoms with Gasteiger partial charge in [-0.2, -0.15) is 0 Å². The molecule has 5 heteroatoms. The van der Waals surface area contributed by atoms with Gasteiger partial charge in [0.2, 0.25) is 0 Å². The summed E-state index contributed by atoms with van der Waals surface area (Å²) in [4.78, 5) is 14.8. The molecule has 0 spiro atoms. The van der Waals surface area contributed by atoms with E-state index in [-0.39, 0.29) is 0 Å². The van der Waals surface area contributed by atoms with Crippen LogP contribution in [0.1, 0.15) is 18.4 Å². The van der Waals surface area contributed by atoms with E-state index in [1.807, 2.05) is 30.6 Å². The quantitative estimate of drug-likeness (QED) is 0.870. The third-order valence-electron chi connectivity index (χ3n) is 3.46. The van der Waals surface area contributed by atoms with Gasteiger partial charge in [0.15, 0.2) is 0 Å². The van der Waals surface area contributed by atoms with Gasteiger partial charge in [0.25, 0.3) is 0 Å². The molecule has 0 atom stereocenters. The molecule has 2 aromatic heterocycles. The summed E-state index contributed by atoms with van der Waals surface area (Å²) in [5.41, 5.74) is 1.29. The van der Waals surface area contributed by atoms with Crippen molar-refractivity contribution in [1.82, 2.24) is 15.0 Å². The highest BCUT2D eigenvalue weighted by Crippen LogP contribution is 2.24. The van der Waals surface area contributed by atoms with E-state index >= 15 is 0 Å². The summed E-state index contributed by atoms with van der Waals surface area (Å²) in [6.45, 7) is 0.921. The summed E-state index contributed by atoms with van der Waals surface area (Å²) >= 11 is 0. The Morgan fingerprint density at radius 1 is 1.25 bits per heavy atom. The third-order valence-corrected chi connectivity index (χ3v) is 3.46. The number of rotatable bonds is 6. The van der Waals surface area contributed by atoms with Crippen LogP contribution in [0.2, 0.25) is 0 Å². The monoisotopic (exact) mass is 269 g/mol. The lowest BCUT2D eigenvalue weighted by molar-refractivity contribution is 0.854. The highest BCUT2D eigenvalue weighted by Gasteiger charge is 2.21. The second-order valence-electron chi connectivity index (χ2n) is 5.21. The summed E-state index contributed by atoms with van der Waals surface area (Å²) < 4.78 is 0. The van der Waals surface area contributed by atoms with E-state index in [4.69, 9.17) is 0 Å². The number of aromatic nitrogens is 3. The minimum absolute atomic E-state index is 0.611. The lowest BCUT2D eigenvalue weighted by atomic mass is 10.2. The Bertz CT molecular complexity index is 553. The summed E-state index contributed by atoms with van der Waals surface area (Å²) in [6, 6.07) is 6.73. The van der Waals surface area contributed by atoms with E-state index in [1.165, 1.54) is 18.4 Å². The summed E-state index contributed by atoms with van der Waals surface area (Å²) in [5.74, 6) is 1.88. The van der Waals surface area contributed by atoms with Crippen molar-refractivity contribution in [3.05, 3.63) is 42.5 Å². The Morgan fingerprint density at radius 3 is 2.80 bits per heavy atom. The van der Waals surface area contributed by atoms with Gasteiger partial charge in [-0.1, -0.05) is 0 Å². The number of likely N-dealkylation sites (N-methyl/N-ethyl adjacent to an activating group) is 1. The first-order valence-electron chi connectivity index (χ1n) is 7.00. The molecule has 3 rings (SSSR count). The second kappa shape index (κ2) is 5.86. The summed E-state index contributed by atoms with van der Waals surface area (Å²) in [5, 5.41) is 3.40. The zero-order valence-electron chi connectivity index (χ0n) is 11.7. The van der Waals surface area contributed by atoms with E-state index in [2.05, 4.69) is 32.2 Å². The average molecular weight is 269 g/mol. The Hall–Kier alpha value is -2.17. The molecule has 0 unspecified atom stereocenters. The minimum atomic E-state index is 0.611. The molecule has 20 heavy (non-hydrogen) atoms. The number of pyridine rings is 1. The molecule has 104 valence electrons. The highest BCUT2D eigenvalue weighted by molar-refractivity contribution is 5.49. The topological polar surface area (TPSA) is 53.9 Å². The maximum Gasteiger partial charge on any atom is 0.133 e. The largest absolute Gasteiger partial charge is 0.367 e. The maximum absolute atomic E-state index is 4.34. The van der Waals surface area contributed by atoms with Crippen LogP contribution in [0.25, 0.3) is 0 Å². The summed E-state index contributed by atoms with van der Waals surface area (Å²) in [7, 11) is 2.06. The fourth-order valence-corrected chi connectivity index (χ4v) is 2.03. The lowest BCUT2D eigenvalue weighted by Gasteiger charge is -2.18. The molecule has 0 aromatic carbocycles. The number of hydrogen-bond acceptors (Lipinski definition) is 5. The Kier molecular flexibility index (Phi) is 3.76. The van der Waals surface area contributed by atoms with Gasteiger partial charge in [-0.05, 0) is 37.0 Å². The van der Waals surface area contributed by atoms with E-state index in [0.717, 1.165) is 24.6 Å². The van der Waals surface area contributed by atoms with E-state index in [1.54, 1.807) is 6.33 Å². The fourth-order valence-electron chi connectivity index (χ4n) is 2.03. The van der Waals surface area contributed by atoms with Crippen molar-refractivity contribution in [2.45, 2.75) is 25.3 Å². The molecule has 2 aromatic rings. The van der Waals surface area contributed by atoms with Crippen molar-refractivity contribution in [2.24, 2.45) is 0 Å². The van der Waals surface area contributed by atoms with Crippen molar-refractivity contribution < 1.29 is 0 Å². The first-order chi connectivity index (χ1) is 9.81. The van der Waals surface area contributed by atoms with Gasteiger partial charge >= 0.3 is 0 Å². The predicted molar refractivity (Wildman–Crippen MR) is 79.9 cm³/mol. The van der Waals surface area contributed by atoms with Crippen LogP contribution >= 0.6 is 0 Å². The third kappa shape index (κ3) is 3.44. The van der Waals surface area contributed by atoms with E-state index in [9.17, 15) is 0 Å². The van der Waals surface area contributed by atoms with Crippen LogP contribution in [0.5, 0.6) is 0 Å². The molecule has 1 aliphatic rings. The molecule has 0 saturated heterocycles. The minimum Gasteiger partial charge on any atom is -0.367 e. The van der Waals surface area contributed by atoms with Gasteiger partial charge in [-0.15, -0.1) is 0 Å². The first-order valence-corrected chi connectivity index (χ1v) is 7.00. The molecular formula is C15H19N5. The van der Waals surface area contributed by atoms with Crippen molar-refractivity contribution in [1.29, 1.82) is 0 Å². The van der Waals surface area contributed by atoms with Gasteiger partial charge in [0, 0.05) is 38.1 Å². The number of nitrogens with zero attached hydrogens (tertiary/aromatic N) is 4. The van der Waals surface area contributed by atoms with Crippen molar-refractivity contribution in [2.75, 3.05) is 23.8 Å². The number of hydrogen-bond donors (Lipinski definition) is 1. The molecule has 1 N–H and O–H groups in total. The van der Waals surface area contributed by atoms with Crippen LogP contribution in [0.4, 0.5) is 11.6 Å². The second-order valence-corrected chi connectivity index (χ2v) is 5.21.